The van der Waals surface area contributed by atoms with E-state index in [1.165, 1.54) is 19.3 Å². The molecular weight excluding hydrogens is 122 g/mol. The topological polar surface area (TPSA) is 12.0 Å². The highest BCUT2D eigenvalue weighted by atomic mass is 14.9. The molecule has 0 amide bonds. The van der Waals surface area contributed by atoms with E-state index in [1.807, 2.05) is 6.08 Å². The maximum Gasteiger partial charge on any atom is 0.0134 e. The van der Waals surface area contributed by atoms with E-state index < -0.39 is 0 Å². The van der Waals surface area contributed by atoms with Gasteiger partial charge in [0.15, 0.2) is 0 Å². The summed E-state index contributed by atoms with van der Waals surface area (Å²) in [6.07, 6.45) is 5.69. The van der Waals surface area contributed by atoms with E-state index in [2.05, 4.69) is 25.7 Å². The second kappa shape index (κ2) is 6.81. The monoisotopic (exact) mass is 141 g/mol. The summed E-state index contributed by atoms with van der Waals surface area (Å²) in [7, 11) is 0. The van der Waals surface area contributed by atoms with Gasteiger partial charge in [-0.1, -0.05) is 26.3 Å². The van der Waals surface area contributed by atoms with E-state index in [-0.39, 0.29) is 0 Å². The molecule has 1 heteroatoms. The fourth-order valence-electron chi connectivity index (χ4n) is 1.05. The molecule has 0 unspecified atom stereocenters. The van der Waals surface area contributed by atoms with Crippen LogP contribution in [0.25, 0.3) is 0 Å². The van der Waals surface area contributed by atoms with Crippen molar-refractivity contribution in [3.63, 3.8) is 0 Å². The summed E-state index contributed by atoms with van der Waals surface area (Å²) >= 11 is 0. The van der Waals surface area contributed by atoms with Crippen LogP contribution in [0, 0.1) is 0 Å². The van der Waals surface area contributed by atoms with Crippen LogP contribution in [0.1, 0.15) is 33.1 Å². The first kappa shape index (κ1) is 9.70. The van der Waals surface area contributed by atoms with Crippen LogP contribution in [0.2, 0.25) is 0 Å². The van der Waals surface area contributed by atoms with Crippen LogP contribution in [-0.4, -0.2) is 12.6 Å². The number of hydrogen-bond acceptors (Lipinski definition) is 1. The summed E-state index contributed by atoms with van der Waals surface area (Å²) in [6, 6.07) is 0.697. The van der Waals surface area contributed by atoms with Crippen LogP contribution in [0.3, 0.4) is 0 Å². The quantitative estimate of drug-likeness (QED) is 0.560. The van der Waals surface area contributed by atoms with Crippen LogP contribution >= 0.6 is 0 Å². The predicted octanol–water partition coefficient (Wildman–Crippen LogP) is 2.34. The fourth-order valence-corrected chi connectivity index (χ4v) is 1.05. The van der Waals surface area contributed by atoms with Crippen molar-refractivity contribution in [3.8, 4) is 0 Å². The van der Waals surface area contributed by atoms with Crippen LogP contribution in [-0.2, 0) is 0 Å². The summed E-state index contributed by atoms with van der Waals surface area (Å²) < 4.78 is 0. The van der Waals surface area contributed by atoms with Gasteiger partial charge >= 0.3 is 0 Å². The van der Waals surface area contributed by atoms with Crippen molar-refractivity contribution in [1.82, 2.24) is 5.32 Å². The van der Waals surface area contributed by atoms with Crippen LogP contribution < -0.4 is 5.32 Å². The molecule has 1 nitrogen and oxygen atoms in total. The average molecular weight is 141 g/mol. The van der Waals surface area contributed by atoms with Crippen molar-refractivity contribution < 1.29 is 0 Å². The Morgan fingerprint density at radius 1 is 1.50 bits per heavy atom. The first-order valence-corrected chi connectivity index (χ1v) is 4.19. The van der Waals surface area contributed by atoms with Crippen molar-refractivity contribution in [1.29, 1.82) is 0 Å². The van der Waals surface area contributed by atoms with E-state index in [0.29, 0.717) is 6.04 Å². The molecule has 60 valence electrons. The molecule has 0 heterocycles. The molecule has 0 bridgehead atoms. The Morgan fingerprint density at radius 3 is 2.60 bits per heavy atom. The normalized spacial score (nSPS) is 13.0. The number of hydrogen-bond donors (Lipinski definition) is 1. The van der Waals surface area contributed by atoms with Gasteiger partial charge in [-0.3, -0.25) is 0 Å². The molecule has 10 heavy (non-hydrogen) atoms. The summed E-state index contributed by atoms with van der Waals surface area (Å²) in [4.78, 5) is 0. The zero-order chi connectivity index (χ0) is 7.82. The molecule has 0 saturated carbocycles. The smallest absolute Gasteiger partial charge is 0.0134 e. The lowest BCUT2D eigenvalue weighted by Gasteiger charge is -2.13. The molecule has 0 radical (unpaired) electrons. The van der Waals surface area contributed by atoms with Gasteiger partial charge < -0.3 is 5.32 Å². The van der Waals surface area contributed by atoms with Crippen molar-refractivity contribution >= 4 is 0 Å². The molecular formula is C9H19N. The molecule has 1 atom stereocenters. The maximum atomic E-state index is 3.66. The SMILES string of the molecule is C=CCN[C@@H](CC)CCC. The zero-order valence-corrected chi connectivity index (χ0v) is 7.19. The lowest BCUT2D eigenvalue weighted by Crippen LogP contribution is -2.27. The lowest BCUT2D eigenvalue weighted by molar-refractivity contribution is 0.485. The molecule has 1 N–H and O–H groups in total. The third kappa shape index (κ3) is 4.57. The third-order valence-electron chi connectivity index (χ3n) is 1.68. The Hall–Kier alpha value is -0.300. The van der Waals surface area contributed by atoms with Gasteiger partial charge in [-0.05, 0) is 12.8 Å². The van der Waals surface area contributed by atoms with Gasteiger partial charge in [0.05, 0.1) is 0 Å². The highest BCUT2D eigenvalue weighted by Crippen LogP contribution is 1.99. The van der Waals surface area contributed by atoms with Gasteiger partial charge in [-0.15, -0.1) is 6.58 Å². The largest absolute Gasteiger partial charge is 0.311 e. The minimum Gasteiger partial charge on any atom is -0.311 e. The molecule has 0 aliphatic heterocycles. The standard InChI is InChI=1S/C9H19N/c1-4-7-9(6-3)10-8-5-2/h5,9-10H,2,4,6-8H2,1,3H3/t9-/m0/s1. The molecule has 0 aliphatic rings. The molecule has 0 aromatic rings. The number of rotatable bonds is 6. The van der Waals surface area contributed by atoms with E-state index >= 15 is 0 Å². The molecule has 0 aromatic carbocycles. The second-order valence-electron chi connectivity index (χ2n) is 2.59. The maximum absolute atomic E-state index is 3.66. The van der Waals surface area contributed by atoms with Crippen LogP contribution in [0.15, 0.2) is 12.7 Å². The highest BCUT2D eigenvalue weighted by molar-refractivity contribution is 4.73. The summed E-state index contributed by atoms with van der Waals surface area (Å²) in [6.45, 7) is 9.05. The molecule has 0 spiro atoms. The molecule has 0 aliphatic carbocycles. The minimum absolute atomic E-state index is 0.697. The average Bonchev–Trinajstić information content (AvgIpc) is 1.98. The Bertz CT molecular complexity index is 78.8. The Balaban J connectivity index is 3.29. The van der Waals surface area contributed by atoms with Crippen LogP contribution in [0.4, 0.5) is 0 Å². The Morgan fingerprint density at radius 2 is 2.20 bits per heavy atom. The molecule has 0 rings (SSSR count). The van der Waals surface area contributed by atoms with E-state index in [1.54, 1.807) is 0 Å². The van der Waals surface area contributed by atoms with Gasteiger partial charge in [-0.2, -0.15) is 0 Å². The van der Waals surface area contributed by atoms with E-state index in [0.717, 1.165) is 6.54 Å². The molecule has 0 aromatic heterocycles. The Labute approximate surface area is 64.5 Å². The minimum atomic E-state index is 0.697. The first-order chi connectivity index (χ1) is 4.85. The molecule has 0 saturated heterocycles. The van der Waals surface area contributed by atoms with Crippen molar-refractivity contribution in [2.75, 3.05) is 6.54 Å². The predicted molar refractivity (Wildman–Crippen MR) is 47.2 cm³/mol. The fraction of sp³-hybridized carbons (Fsp3) is 0.778. The summed E-state index contributed by atoms with van der Waals surface area (Å²) in [5.41, 5.74) is 0. The van der Waals surface area contributed by atoms with Gasteiger partial charge in [0.25, 0.3) is 0 Å². The van der Waals surface area contributed by atoms with Crippen LogP contribution in [0.5, 0.6) is 0 Å². The van der Waals surface area contributed by atoms with E-state index in [4.69, 9.17) is 0 Å². The van der Waals surface area contributed by atoms with Gasteiger partial charge in [0, 0.05) is 12.6 Å². The summed E-state index contributed by atoms with van der Waals surface area (Å²) in [5, 5.41) is 3.40. The van der Waals surface area contributed by atoms with E-state index in [9.17, 15) is 0 Å². The third-order valence-corrected chi connectivity index (χ3v) is 1.68. The van der Waals surface area contributed by atoms with Gasteiger partial charge in [-0.25, -0.2) is 0 Å². The highest BCUT2D eigenvalue weighted by Gasteiger charge is 2.00. The van der Waals surface area contributed by atoms with Crippen molar-refractivity contribution in [3.05, 3.63) is 12.7 Å². The summed E-state index contributed by atoms with van der Waals surface area (Å²) in [5.74, 6) is 0. The van der Waals surface area contributed by atoms with Gasteiger partial charge in [0.2, 0.25) is 0 Å². The van der Waals surface area contributed by atoms with Gasteiger partial charge in [0.1, 0.15) is 0 Å². The number of nitrogens with one attached hydrogen (secondary N) is 1. The molecule has 0 fully saturated rings. The second-order valence-corrected chi connectivity index (χ2v) is 2.59. The zero-order valence-electron chi connectivity index (χ0n) is 7.19. The van der Waals surface area contributed by atoms with Crippen molar-refractivity contribution in [2.24, 2.45) is 0 Å². The Kier molecular flexibility index (Phi) is 6.61. The lowest BCUT2D eigenvalue weighted by atomic mass is 10.1. The van der Waals surface area contributed by atoms with Crippen molar-refractivity contribution in [2.45, 2.75) is 39.2 Å². The first-order valence-electron chi connectivity index (χ1n) is 4.19.